The summed E-state index contributed by atoms with van der Waals surface area (Å²) in [6.45, 7) is 14.5. The molecule has 0 spiro atoms. The molecular formula is C39H57NO5Si. The Hall–Kier alpha value is -3.00. The van der Waals surface area contributed by atoms with Crippen LogP contribution in [0.3, 0.4) is 0 Å². The Labute approximate surface area is 279 Å². The van der Waals surface area contributed by atoms with Gasteiger partial charge in [0, 0.05) is 25.6 Å². The number of ether oxygens (including phenoxy) is 1. The van der Waals surface area contributed by atoms with Crippen molar-refractivity contribution in [3.05, 3.63) is 82.9 Å². The molecular weight excluding hydrogens is 591 g/mol. The summed E-state index contributed by atoms with van der Waals surface area (Å²) in [5, 5.41) is 13.2. The number of carboxylic acids is 1. The zero-order valence-corrected chi connectivity index (χ0v) is 30.7. The van der Waals surface area contributed by atoms with Gasteiger partial charge in [-0.05, 0) is 98.5 Å². The van der Waals surface area contributed by atoms with E-state index >= 15 is 0 Å². The Morgan fingerprint density at radius 1 is 0.804 bits per heavy atom. The van der Waals surface area contributed by atoms with Crippen molar-refractivity contribution < 1.29 is 23.9 Å². The van der Waals surface area contributed by atoms with Crippen LogP contribution < -0.4 is 0 Å². The monoisotopic (exact) mass is 647 g/mol. The molecule has 0 heterocycles. The van der Waals surface area contributed by atoms with E-state index < -0.39 is 32.1 Å². The number of likely N-dealkylation sites (N-methyl/N-ethyl adjacent to an activating group) is 1. The summed E-state index contributed by atoms with van der Waals surface area (Å²) in [5.74, 6) is -1.46. The van der Waals surface area contributed by atoms with Crippen LogP contribution in [0.2, 0.25) is 13.1 Å². The van der Waals surface area contributed by atoms with E-state index in [9.17, 15) is 14.7 Å². The quantitative estimate of drug-likeness (QED) is 0.111. The molecule has 0 aliphatic heterocycles. The summed E-state index contributed by atoms with van der Waals surface area (Å²) >= 11 is 0. The number of hydrogen-bond acceptors (Lipinski definition) is 4. The van der Waals surface area contributed by atoms with Crippen molar-refractivity contribution in [3.63, 3.8) is 0 Å². The van der Waals surface area contributed by atoms with Crippen LogP contribution in [0.15, 0.2) is 60.7 Å². The molecule has 3 aromatic rings. The van der Waals surface area contributed by atoms with Crippen LogP contribution in [-0.4, -0.2) is 62.8 Å². The van der Waals surface area contributed by atoms with Crippen molar-refractivity contribution in [2.45, 2.75) is 111 Å². The smallest absolute Gasteiger partial charge is 0.338 e. The first-order valence-electron chi connectivity index (χ1n) is 17.1. The van der Waals surface area contributed by atoms with Crippen LogP contribution in [0.4, 0.5) is 0 Å². The maximum absolute atomic E-state index is 14.1. The third-order valence-corrected chi connectivity index (χ3v) is 9.90. The maximum atomic E-state index is 14.1. The van der Waals surface area contributed by atoms with Gasteiger partial charge in [-0.3, -0.25) is 4.79 Å². The molecule has 0 radical (unpaired) electrons. The van der Waals surface area contributed by atoms with E-state index in [0.717, 1.165) is 51.4 Å². The number of carboxylic acid groups (broad SMARTS) is 1. The Kier molecular flexibility index (Phi) is 14.0. The minimum atomic E-state index is -1.88. The van der Waals surface area contributed by atoms with Crippen molar-refractivity contribution in [2.24, 2.45) is 5.41 Å². The highest BCUT2D eigenvalue weighted by Gasteiger charge is 2.60. The Morgan fingerprint density at radius 2 is 1.41 bits per heavy atom. The van der Waals surface area contributed by atoms with Crippen LogP contribution in [0.25, 0.3) is 10.8 Å². The van der Waals surface area contributed by atoms with Gasteiger partial charge >= 0.3 is 5.97 Å². The van der Waals surface area contributed by atoms with Crippen LogP contribution >= 0.6 is 0 Å². The molecule has 3 aromatic carbocycles. The van der Waals surface area contributed by atoms with Crippen LogP contribution in [0, 0.1) is 19.3 Å². The fraction of sp³-hybridized carbons (Fsp3) is 0.538. The third kappa shape index (κ3) is 10.00. The average Bonchev–Trinajstić information content (AvgIpc) is 3.00. The molecule has 0 saturated heterocycles. The third-order valence-electron chi connectivity index (χ3n) is 9.06. The highest BCUT2D eigenvalue weighted by molar-refractivity contribution is 6.48. The molecule has 2 atom stereocenters. The Balaban J connectivity index is 1.62. The first kappa shape index (κ1) is 37.5. The molecule has 252 valence electrons. The van der Waals surface area contributed by atoms with Crippen LogP contribution in [0.5, 0.6) is 0 Å². The Morgan fingerprint density at radius 3 is 2.02 bits per heavy atom. The fourth-order valence-corrected chi connectivity index (χ4v) is 7.50. The van der Waals surface area contributed by atoms with E-state index in [1.807, 2.05) is 33.9 Å². The number of hydrogen-bond donors (Lipinski definition) is 1. The van der Waals surface area contributed by atoms with Gasteiger partial charge in [0.2, 0.25) is 0 Å². The summed E-state index contributed by atoms with van der Waals surface area (Å²) in [6.07, 6.45) is 6.22. The lowest BCUT2D eigenvalue weighted by Crippen LogP contribution is -2.66. The topological polar surface area (TPSA) is 76.1 Å². The van der Waals surface area contributed by atoms with Crippen molar-refractivity contribution in [3.8, 4) is 0 Å². The van der Waals surface area contributed by atoms with Gasteiger partial charge in [-0.2, -0.15) is 0 Å². The summed E-state index contributed by atoms with van der Waals surface area (Å²) in [6, 6.07) is 21.6. The second-order valence-corrected chi connectivity index (χ2v) is 16.5. The zero-order valence-electron chi connectivity index (χ0n) is 29.5. The predicted octanol–water partition coefficient (Wildman–Crippen LogP) is 8.30. The zero-order chi connectivity index (χ0) is 33.9. The molecule has 46 heavy (non-hydrogen) atoms. The second-order valence-electron chi connectivity index (χ2n) is 14.2. The fourth-order valence-electron chi connectivity index (χ4n) is 6.18. The van der Waals surface area contributed by atoms with Crippen molar-refractivity contribution in [2.75, 3.05) is 20.2 Å². The van der Waals surface area contributed by atoms with E-state index in [-0.39, 0.29) is 5.91 Å². The number of carbonyl (C=O) groups excluding carboxylic acids is 1. The van der Waals surface area contributed by atoms with Gasteiger partial charge in [0.1, 0.15) is 0 Å². The molecule has 0 aliphatic rings. The number of nitrogens with zero attached hydrogens (tertiary/aromatic N) is 1. The Bertz CT molecular complexity index is 1430. The standard InChI is InChI=1S/C39H57NO5Si/c1-29-21-22-31(27-30(29)2)17-12-10-16-26-44-35(39(37(42)43,38(3,4)5)45-46(7)8)36(41)40(6)25-15-9-11-18-32-23-24-33-19-13-14-20-34(33)28-32/h13-14,19-24,27-28,35,46H,9-12,15-18,25-26H2,1-8H3,(H,42,43)/t35-,39+/m0/s1. The number of unbranched alkanes of at least 4 members (excludes halogenated alkanes) is 4. The molecule has 7 heteroatoms. The van der Waals surface area contributed by atoms with Crippen LogP contribution in [-0.2, 0) is 31.6 Å². The SMILES string of the molecule is Cc1ccc(CCCCCO[C@@H](C(=O)N(C)CCCCCc2ccc3ccccc3c2)[C@@](O[SiH](C)C)(C(=O)O)C(C)(C)C)cc1C. The van der Waals surface area contributed by atoms with E-state index in [4.69, 9.17) is 9.16 Å². The van der Waals surface area contributed by atoms with E-state index in [1.54, 1.807) is 11.9 Å². The number of benzene rings is 3. The molecule has 1 N–H and O–H groups in total. The normalized spacial score (nSPS) is 13.9. The molecule has 0 aliphatic carbocycles. The summed E-state index contributed by atoms with van der Waals surface area (Å²) in [5.41, 5.74) is 2.58. The van der Waals surface area contributed by atoms with Gasteiger partial charge in [-0.1, -0.05) is 94.3 Å². The van der Waals surface area contributed by atoms with Gasteiger partial charge < -0.3 is 19.2 Å². The second kappa shape index (κ2) is 17.2. The van der Waals surface area contributed by atoms with Crippen molar-refractivity contribution in [1.82, 2.24) is 4.90 Å². The van der Waals surface area contributed by atoms with Gasteiger partial charge in [0.05, 0.1) is 0 Å². The van der Waals surface area contributed by atoms with Crippen molar-refractivity contribution in [1.29, 1.82) is 0 Å². The number of aliphatic carboxylic acids is 1. The minimum absolute atomic E-state index is 0.303. The van der Waals surface area contributed by atoms with Crippen molar-refractivity contribution >= 4 is 31.7 Å². The molecule has 0 bridgehead atoms. The maximum Gasteiger partial charge on any atom is 0.338 e. The number of carbonyl (C=O) groups is 2. The lowest BCUT2D eigenvalue weighted by atomic mass is 9.72. The highest BCUT2D eigenvalue weighted by atomic mass is 28.3. The summed E-state index contributed by atoms with van der Waals surface area (Å²) < 4.78 is 12.7. The van der Waals surface area contributed by atoms with Gasteiger partial charge in [0.25, 0.3) is 5.91 Å². The summed E-state index contributed by atoms with van der Waals surface area (Å²) in [7, 11) is -0.127. The number of fused-ring (bicyclic) bond motifs is 1. The molecule has 3 rings (SSSR count). The highest BCUT2D eigenvalue weighted by Crippen LogP contribution is 2.40. The minimum Gasteiger partial charge on any atom is -0.479 e. The predicted molar refractivity (Wildman–Crippen MR) is 192 cm³/mol. The summed E-state index contributed by atoms with van der Waals surface area (Å²) in [4.78, 5) is 28.8. The molecule has 1 amide bonds. The lowest BCUT2D eigenvalue weighted by molar-refractivity contribution is -0.199. The molecule has 0 aromatic heterocycles. The number of rotatable bonds is 18. The molecule has 0 fully saturated rings. The first-order valence-corrected chi connectivity index (χ1v) is 19.9. The van der Waals surface area contributed by atoms with Crippen LogP contribution in [0.1, 0.15) is 81.5 Å². The van der Waals surface area contributed by atoms with Gasteiger partial charge in [-0.25, -0.2) is 4.79 Å². The van der Waals surface area contributed by atoms with Gasteiger partial charge in [-0.15, -0.1) is 0 Å². The lowest BCUT2D eigenvalue weighted by Gasteiger charge is -2.47. The molecule has 0 saturated carbocycles. The van der Waals surface area contributed by atoms with E-state index in [0.29, 0.717) is 13.2 Å². The molecule has 6 nitrogen and oxygen atoms in total. The number of amides is 1. The largest absolute Gasteiger partial charge is 0.479 e. The number of aryl methyl sites for hydroxylation is 4. The molecule has 0 unspecified atom stereocenters. The van der Waals surface area contributed by atoms with Gasteiger partial charge in [0.15, 0.2) is 20.7 Å². The first-order chi connectivity index (χ1) is 21.8. The van der Waals surface area contributed by atoms with E-state index in [1.165, 1.54) is 33.0 Å². The van der Waals surface area contributed by atoms with E-state index in [2.05, 4.69) is 74.5 Å². The average molecular weight is 648 g/mol.